The van der Waals surface area contributed by atoms with Crippen LogP contribution in [0.15, 0.2) is 48.9 Å². The lowest BCUT2D eigenvalue weighted by atomic mass is 9.72. The standard InChI is InChI=1S/C36H45FN8O3/c1-35(2,47)21-45-29-19-25(43-15-9-24(10-16-43)44-17-11-36(12-18-44)22-42(3)23-36)5-6-28(29)40-34(45)41-33(46)26-7-14-39-32(31(26)37)27-20-38-13-8-30(27)48-4/h5-8,13-14,19-20,24,47H,9-12,15-18,21-23H2,1-4H3,(H,40,41,46). The Balaban J connectivity index is 1.09. The van der Waals surface area contributed by atoms with Crippen molar-refractivity contribution in [1.82, 2.24) is 29.3 Å². The molecule has 0 radical (unpaired) electrons. The highest BCUT2D eigenvalue weighted by molar-refractivity contribution is 6.05. The summed E-state index contributed by atoms with van der Waals surface area (Å²) >= 11 is 0. The number of nitrogens with zero attached hydrogens (tertiary/aromatic N) is 7. The fraction of sp³-hybridized carbons (Fsp3) is 0.500. The van der Waals surface area contributed by atoms with Gasteiger partial charge in [-0.15, -0.1) is 0 Å². The maximum absolute atomic E-state index is 15.8. The number of likely N-dealkylation sites (tertiary alicyclic amines) is 2. The first-order chi connectivity index (χ1) is 23.0. The number of pyridine rings is 2. The van der Waals surface area contributed by atoms with E-state index in [2.05, 4.69) is 49.2 Å². The Hall–Kier alpha value is -4.13. The number of halogens is 1. The summed E-state index contributed by atoms with van der Waals surface area (Å²) in [5, 5.41) is 13.7. The number of amides is 1. The van der Waals surface area contributed by atoms with Crippen molar-refractivity contribution in [2.24, 2.45) is 5.41 Å². The van der Waals surface area contributed by atoms with E-state index in [1.807, 2.05) is 6.07 Å². The van der Waals surface area contributed by atoms with Crippen LogP contribution in [-0.4, -0.2) is 105 Å². The minimum Gasteiger partial charge on any atom is -0.496 e. The summed E-state index contributed by atoms with van der Waals surface area (Å²) in [6.45, 7) is 10.4. The van der Waals surface area contributed by atoms with E-state index in [-0.39, 0.29) is 23.8 Å². The number of piperidine rings is 2. The van der Waals surface area contributed by atoms with E-state index in [4.69, 9.17) is 9.72 Å². The van der Waals surface area contributed by atoms with E-state index in [1.54, 1.807) is 24.5 Å². The van der Waals surface area contributed by atoms with Crippen LogP contribution in [0.25, 0.3) is 22.3 Å². The van der Waals surface area contributed by atoms with Gasteiger partial charge in [0.1, 0.15) is 11.4 Å². The summed E-state index contributed by atoms with van der Waals surface area (Å²) in [4.78, 5) is 34.1. The van der Waals surface area contributed by atoms with Crippen LogP contribution >= 0.6 is 0 Å². The van der Waals surface area contributed by atoms with E-state index in [0.29, 0.717) is 28.3 Å². The van der Waals surface area contributed by atoms with Gasteiger partial charge in [-0.1, -0.05) is 0 Å². The quantitative estimate of drug-likeness (QED) is 0.280. The molecule has 6 heterocycles. The van der Waals surface area contributed by atoms with Crippen LogP contribution < -0.4 is 15.0 Å². The molecule has 4 aromatic rings. The second-order valence-corrected chi connectivity index (χ2v) is 14.5. The predicted octanol–water partition coefficient (Wildman–Crippen LogP) is 4.66. The number of imidazole rings is 1. The molecule has 3 saturated heterocycles. The van der Waals surface area contributed by atoms with Crippen LogP contribution in [-0.2, 0) is 6.54 Å². The van der Waals surface area contributed by atoms with Gasteiger partial charge in [-0.3, -0.25) is 20.1 Å². The Kier molecular flexibility index (Phi) is 8.59. The monoisotopic (exact) mass is 656 g/mol. The number of fused-ring (bicyclic) bond motifs is 1. The molecule has 1 amide bonds. The minimum absolute atomic E-state index is 0.0404. The molecule has 1 spiro atoms. The van der Waals surface area contributed by atoms with Crippen molar-refractivity contribution < 1.29 is 19.0 Å². The van der Waals surface area contributed by atoms with Crippen molar-refractivity contribution in [3.05, 3.63) is 60.3 Å². The van der Waals surface area contributed by atoms with Gasteiger partial charge < -0.3 is 29.1 Å². The third kappa shape index (κ3) is 6.36. The van der Waals surface area contributed by atoms with Gasteiger partial charge in [0.15, 0.2) is 5.82 Å². The summed E-state index contributed by atoms with van der Waals surface area (Å²) in [7, 11) is 3.70. The topological polar surface area (TPSA) is 112 Å². The summed E-state index contributed by atoms with van der Waals surface area (Å²) in [5.74, 6) is -0.855. The molecule has 3 aliphatic rings. The fourth-order valence-electron chi connectivity index (χ4n) is 7.93. The number of rotatable bonds is 8. The number of anilines is 2. The SMILES string of the molecule is COc1ccncc1-c1nccc(C(=O)Nc2nc3ccc(N4CCC(N5CCC6(CC5)CN(C)C6)CC4)cc3n2CC(C)(C)O)c1F. The Bertz CT molecular complexity index is 1800. The van der Waals surface area contributed by atoms with Crippen LogP contribution in [0.3, 0.4) is 0 Å². The number of aliphatic hydroxyl groups is 1. The fourth-order valence-corrected chi connectivity index (χ4v) is 7.93. The van der Waals surface area contributed by atoms with E-state index in [9.17, 15) is 9.90 Å². The molecular weight excluding hydrogens is 611 g/mol. The van der Waals surface area contributed by atoms with Crippen LogP contribution in [0.1, 0.15) is 49.9 Å². The molecule has 2 N–H and O–H groups in total. The van der Waals surface area contributed by atoms with Gasteiger partial charge in [-0.25, -0.2) is 9.37 Å². The maximum Gasteiger partial charge on any atom is 0.261 e. The van der Waals surface area contributed by atoms with Gasteiger partial charge in [0.2, 0.25) is 5.95 Å². The second-order valence-electron chi connectivity index (χ2n) is 14.5. The molecule has 48 heavy (non-hydrogen) atoms. The normalized spacial score (nSPS) is 19.1. The van der Waals surface area contributed by atoms with Crippen LogP contribution in [0.2, 0.25) is 0 Å². The Morgan fingerprint density at radius 3 is 2.54 bits per heavy atom. The van der Waals surface area contributed by atoms with E-state index >= 15 is 4.39 Å². The average Bonchev–Trinajstić information content (AvgIpc) is 3.39. The number of hydrogen-bond donors (Lipinski definition) is 2. The molecule has 3 aromatic heterocycles. The smallest absolute Gasteiger partial charge is 0.261 e. The first kappa shape index (κ1) is 32.4. The van der Waals surface area contributed by atoms with Crippen molar-refractivity contribution in [2.75, 3.05) is 63.6 Å². The summed E-state index contributed by atoms with van der Waals surface area (Å²) in [5.41, 5.74) is 2.11. The molecule has 3 fully saturated rings. The number of hydrogen-bond acceptors (Lipinski definition) is 9. The zero-order valence-electron chi connectivity index (χ0n) is 28.2. The summed E-state index contributed by atoms with van der Waals surface area (Å²) in [6.07, 6.45) is 9.24. The molecule has 12 heteroatoms. The van der Waals surface area contributed by atoms with Gasteiger partial charge in [0.25, 0.3) is 5.91 Å². The molecule has 3 aliphatic heterocycles. The van der Waals surface area contributed by atoms with E-state index < -0.39 is 17.3 Å². The van der Waals surface area contributed by atoms with Crippen molar-refractivity contribution in [1.29, 1.82) is 0 Å². The molecule has 0 saturated carbocycles. The molecule has 11 nitrogen and oxygen atoms in total. The zero-order chi connectivity index (χ0) is 33.6. The van der Waals surface area contributed by atoms with Crippen LogP contribution in [0, 0.1) is 11.2 Å². The first-order valence-corrected chi connectivity index (χ1v) is 16.9. The van der Waals surface area contributed by atoms with Crippen molar-refractivity contribution in [3.8, 4) is 17.0 Å². The second kappa shape index (κ2) is 12.7. The zero-order valence-corrected chi connectivity index (χ0v) is 28.2. The van der Waals surface area contributed by atoms with E-state index in [1.165, 1.54) is 70.8 Å². The number of carbonyl (C=O) groups excluding carboxylic acids is 1. The van der Waals surface area contributed by atoms with Gasteiger partial charge in [-0.05, 0) is 95.4 Å². The number of ether oxygens (including phenoxy) is 1. The van der Waals surface area contributed by atoms with Crippen LogP contribution in [0.5, 0.6) is 5.75 Å². The molecule has 0 aliphatic carbocycles. The molecule has 0 atom stereocenters. The Morgan fingerprint density at radius 1 is 1.10 bits per heavy atom. The lowest BCUT2D eigenvalue weighted by Gasteiger charge is -2.54. The van der Waals surface area contributed by atoms with Gasteiger partial charge in [-0.2, -0.15) is 0 Å². The largest absolute Gasteiger partial charge is 0.496 e. The first-order valence-electron chi connectivity index (χ1n) is 16.9. The average molecular weight is 657 g/mol. The van der Waals surface area contributed by atoms with Gasteiger partial charge in [0, 0.05) is 56.5 Å². The van der Waals surface area contributed by atoms with Crippen molar-refractivity contribution in [2.45, 2.75) is 57.7 Å². The molecule has 254 valence electrons. The van der Waals surface area contributed by atoms with E-state index in [0.717, 1.165) is 37.1 Å². The molecule has 7 rings (SSSR count). The molecule has 0 unspecified atom stereocenters. The summed E-state index contributed by atoms with van der Waals surface area (Å²) < 4.78 is 23.0. The van der Waals surface area contributed by atoms with Crippen LogP contribution in [0.4, 0.5) is 16.0 Å². The van der Waals surface area contributed by atoms with Gasteiger partial charge >= 0.3 is 0 Å². The highest BCUT2D eigenvalue weighted by atomic mass is 19.1. The highest BCUT2D eigenvalue weighted by Gasteiger charge is 2.44. The number of aromatic nitrogens is 4. The third-order valence-corrected chi connectivity index (χ3v) is 10.3. The van der Waals surface area contributed by atoms with Gasteiger partial charge in [0.05, 0.1) is 41.4 Å². The maximum atomic E-state index is 15.8. The number of nitrogens with one attached hydrogen (secondary N) is 1. The summed E-state index contributed by atoms with van der Waals surface area (Å²) in [6, 6.07) is 9.67. The number of methoxy groups -OCH3 is 1. The lowest BCUT2D eigenvalue weighted by Crippen LogP contribution is -2.60. The Labute approximate surface area is 280 Å². The van der Waals surface area contributed by atoms with Crippen molar-refractivity contribution >= 4 is 28.6 Å². The highest BCUT2D eigenvalue weighted by Crippen LogP contribution is 2.41. The van der Waals surface area contributed by atoms with Crippen molar-refractivity contribution in [3.63, 3.8) is 0 Å². The molecule has 1 aromatic carbocycles. The molecule has 0 bridgehead atoms. The molecular formula is C36H45FN8O3. The number of carbonyl (C=O) groups is 1. The minimum atomic E-state index is -1.10. The lowest BCUT2D eigenvalue weighted by molar-refractivity contribution is -0.0419. The number of benzene rings is 1. The third-order valence-electron chi connectivity index (χ3n) is 10.3. The Morgan fingerprint density at radius 2 is 1.85 bits per heavy atom. The predicted molar refractivity (Wildman–Crippen MR) is 184 cm³/mol.